The van der Waals surface area contributed by atoms with E-state index >= 15 is 0 Å². The third-order valence-electron chi connectivity index (χ3n) is 3.23. The molecule has 0 aromatic rings. The monoisotopic (exact) mass is 452 g/mol. The van der Waals surface area contributed by atoms with Gasteiger partial charge in [-0.2, -0.15) is 0 Å². The predicted molar refractivity (Wildman–Crippen MR) is 94.6 cm³/mol. The molecule has 13 N–H and O–H groups in total. The molecule has 0 aliphatic rings. The Morgan fingerprint density at radius 2 is 1.03 bits per heavy atom. The Kier molecular flexibility index (Phi) is 22.0. The van der Waals surface area contributed by atoms with Gasteiger partial charge in [0.15, 0.2) is 12.1 Å². The summed E-state index contributed by atoms with van der Waals surface area (Å²) in [6.07, 6.45) is -13.0. The molecular formula is C15H32O15. The maximum Gasteiger partial charge on any atom is 0.189 e. The van der Waals surface area contributed by atoms with Crippen LogP contribution in [0.2, 0.25) is 0 Å². The second-order valence-corrected chi connectivity index (χ2v) is 5.69. The van der Waals surface area contributed by atoms with Crippen molar-refractivity contribution in [2.45, 2.75) is 48.8 Å². The normalized spacial score (nSPS) is 17.8. The van der Waals surface area contributed by atoms with E-state index in [0.717, 1.165) is 0 Å². The minimum absolute atomic E-state index is 0.0258. The first kappa shape index (κ1) is 33.5. The quantitative estimate of drug-likeness (QED) is 0.122. The first-order valence-corrected chi connectivity index (χ1v) is 8.36. The van der Waals surface area contributed by atoms with E-state index in [1.54, 1.807) is 0 Å². The predicted octanol–water partition coefficient (Wildman–Crippen LogP) is -8.42. The van der Waals surface area contributed by atoms with E-state index in [4.69, 9.17) is 66.4 Å². The van der Waals surface area contributed by atoms with Crippen LogP contribution in [-0.4, -0.2) is 160 Å². The third-order valence-corrected chi connectivity index (χ3v) is 3.23. The molecule has 0 rings (SSSR count). The molecule has 7 unspecified atom stereocenters. The van der Waals surface area contributed by atoms with Gasteiger partial charge >= 0.3 is 0 Å². The van der Waals surface area contributed by atoms with Gasteiger partial charge in [0.05, 0.1) is 26.4 Å². The highest BCUT2D eigenvalue weighted by molar-refractivity contribution is 5.84. The van der Waals surface area contributed by atoms with Crippen molar-refractivity contribution in [2.75, 3.05) is 33.0 Å². The second kappa shape index (κ2) is 19.8. The average molecular weight is 452 g/mol. The lowest BCUT2D eigenvalue weighted by Gasteiger charge is -2.22. The average Bonchev–Trinajstić information content (AvgIpc) is 2.79. The molecule has 0 aliphatic heterocycles. The van der Waals surface area contributed by atoms with Crippen LogP contribution in [-0.2, 0) is 9.59 Å². The van der Waals surface area contributed by atoms with Crippen molar-refractivity contribution in [2.24, 2.45) is 0 Å². The highest BCUT2D eigenvalue weighted by Crippen LogP contribution is 2.03. The van der Waals surface area contributed by atoms with E-state index < -0.39 is 74.4 Å². The molecule has 7 atom stereocenters. The largest absolute Gasteiger partial charge is 0.394 e. The van der Waals surface area contributed by atoms with Gasteiger partial charge in [0.2, 0.25) is 0 Å². The lowest BCUT2D eigenvalue weighted by Crippen LogP contribution is -2.46. The van der Waals surface area contributed by atoms with Gasteiger partial charge in [0.25, 0.3) is 0 Å². The zero-order valence-electron chi connectivity index (χ0n) is 15.9. The lowest BCUT2D eigenvalue weighted by molar-refractivity contribution is -0.142. The Labute approximate surface area is 171 Å². The minimum atomic E-state index is -1.86. The zero-order chi connectivity index (χ0) is 24.4. The van der Waals surface area contributed by atoms with Gasteiger partial charge in [0.1, 0.15) is 55.4 Å². The maximum atomic E-state index is 10.5. The molecule has 0 fully saturated rings. The number of hydrogen-bond donors (Lipinski definition) is 13. The summed E-state index contributed by atoms with van der Waals surface area (Å²) in [5.74, 6) is -1.00. The number of carbonyl (C=O) groups excluding carboxylic acids is 2. The van der Waals surface area contributed by atoms with Gasteiger partial charge in [-0.15, -0.1) is 0 Å². The smallest absolute Gasteiger partial charge is 0.189 e. The van der Waals surface area contributed by atoms with Crippen molar-refractivity contribution < 1.29 is 76.0 Å². The lowest BCUT2D eigenvalue weighted by atomic mass is 10.0. The fraction of sp³-hybridized carbons (Fsp3) is 0.867. The van der Waals surface area contributed by atoms with Crippen molar-refractivity contribution >= 4 is 12.1 Å². The molecule has 15 heteroatoms. The summed E-state index contributed by atoms with van der Waals surface area (Å²) in [6.45, 7) is -3.18. The van der Waals surface area contributed by atoms with Crippen LogP contribution in [0, 0.1) is 0 Å². The van der Waals surface area contributed by atoms with Crippen LogP contribution in [0.5, 0.6) is 0 Å². The highest BCUT2D eigenvalue weighted by atomic mass is 16.4. The fourth-order valence-electron chi connectivity index (χ4n) is 1.28. The van der Waals surface area contributed by atoms with Gasteiger partial charge in [-0.25, -0.2) is 0 Å². The van der Waals surface area contributed by atoms with Crippen molar-refractivity contribution in [1.29, 1.82) is 0 Å². The second-order valence-electron chi connectivity index (χ2n) is 5.69. The molecule has 0 saturated carbocycles. The molecule has 0 spiro atoms. The molecule has 0 aromatic carbocycles. The van der Waals surface area contributed by atoms with E-state index in [-0.39, 0.29) is 19.5 Å². The number of rotatable bonds is 12. The topological polar surface area (TPSA) is 297 Å². The zero-order valence-corrected chi connectivity index (χ0v) is 15.9. The van der Waals surface area contributed by atoms with Gasteiger partial charge < -0.3 is 71.2 Å². The number of aldehydes is 1. The molecule has 0 heterocycles. The molecule has 0 saturated heterocycles. The summed E-state index contributed by atoms with van der Waals surface area (Å²) >= 11 is 0. The van der Waals surface area contributed by atoms with Crippen LogP contribution >= 0.6 is 0 Å². The Bertz CT molecular complexity index is 419. The number of aliphatic hydroxyl groups excluding tert-OH is 13. The van der Waals surface area contributed by atoms with Crippen LogP contribution in [0.4, 0.5) is 0 Å². The Balaban J connectivity index is -0.000000386. The van der Waals surface area contributed by atoms with Crippen molar-refractivity contribution in [3.05, 3.63) is 0 Å². The summed E-state index contributed by atoms with van der Waals surface area (Å²) in [5.41, 5.74) is 0. The van der Waals surface area contributed by atoms with Crippen molar-refractivity contribution in [3.63, 3.8) is 0 Å². The standard InChI is InChI=1S/2C6H12O6.C3H8O3/c2*7-1-3(9)5(11)6(12)4(10)2-8;4-1-3(6)2-5/h3,5-9,11-12H,1-2H2;1,3-6,8-12H,2H2;3-6H,1-2H2. The Morgan fingerprint density at radius 1 is 0.633 bits per heavy atom. The Hall–Kier alpha value is -1.18. The SMILES string of the molecule is O=C(CO)C(O)C(O)C(O)CO.O=CC(O)C(O)C(O)C(O)CO.OCC(O)CO. The molecule has 15 nitrogen and oxygen atoms in total. The Morgan fingerprint density at radius 3 is 1.30 bits per heavy atom. The molecule has 0 aromatic heterocycles. The number of aliphatic hydroxyl groups is 13. The molecule has 0 bridgehead atoms. The summed E-state index contributed by atoms with van der Waals surface area (Å²) < 4.78 is 0. The summed E-state index contributed by atoms with van der Waals surface area (Å²) in [6, 6.07) is 0. The highest BCUT2D eigenvalue weighted by Gasteiger charge is 2.30. The van der Waals surface area contributed by atoms with E-state index in [2.05, 4.69) is 0 Å². The van der Waals surface area contributed by atoms with Crippen LogP contribution < -0.4 is 0 Å². The number of hydrogen-bond acceptors (Lipinski definition) is 15. The molecule has 0 amide bonds. The maximum absolute atomic E-state index is 10.5. The molecular weight excluding hydrogens is 420 g/mol. The fourth-order valence-corrected chi connectivity index (χ4v) is 1.28. The van der Waals surface area contributed by atoms with E-state index in [1.165, 1.54) is 0 Å². The summed E-state index contributed by atoms with van der Waals surface area (Å²) in [5, 5.41) is 111. The van der Waals surface area contributed by atoms with Crippen LogP contribution in [0.1, 0.15) is 0 Å². The van der Waals surface area contributed by atoms with Crippen LogP contribution in [0.15, 0.2) is 0 Å². The number of ketones is 1. The first-order chi connectivity index (χ1) is 13.9. The van der Waals surface area contributed by atoms with E-state index in [9.17, 15) is 9.59 Å². The first-order valence-electron chi connectivity index (χ1n) is 8.36. The van der Waals surface area contributed by atoms with E-state index in [0.29, 0.717) is 0 Å². The molecule has 0 aliphatic carbocycles. The van der Waals surface area contributed by atoms with Crippen molar-refractivity contribution in [3.8, 4) is 0 Å². The molecule has 182 valence electrons. The van der Waals surface area contributed by atoms with Crippen molar-refractivity contribution in [1.82, 2.24) is 0 Å². The van der Waals surface area contributed by atoms with Crippen LogP contribution in [0.25, 0.3) is 0 Å². The summed E-state index contributed by atoms with van der Waals surface area (Å²) in [4.78, 5) is 20.4. The molecule has 30 heavy (non-hydrogen) atoms. The van der Waals surface area contributed by atoms with E-state index in [1.807, 2.05) is 0 Å². The number of carbonyl (C=O) groups is 2. The summed E-state index contributed by atoms with van der Waals surface area (Å²) in [7, 11) is 0. The molecule has 0 radical (unpaired) electrons. The van der Waals surface area contributed by atoms with Gasteiger partial charge in [-0.05, 0) is 0 Å². The van der Waals surface area contributed by atoms with Gasteiger partial charge in [-0.3, -0.25) is 4.79 Å². The minimum Gasteiger partial charge on any atom is -0.394 e. The third kappa shape index (κ3) is 14.7. The number of Topliss-reactive ketones (excluding diaryl/α,β-unsaturated/α-hetero) is 1. The van der Waals surface area contributed by atoms with Crippen LogP contribution in [0.3, 0.4) is 0 Å². The van der Waals surface area contributed by atoms with Gasteiger partial charge in [-0.1, -0.05) is 0 Å². The van der Waals surface area contributed by atoms with Gasteiger partial charge in [0, 0.05) is 0 Å².